The second kappa shape index (κ2) is 7.75. The molecular weight excluding hydrogens is 416 g/mol. The lowest BCUT2D eigenvalue weighted by Crippen LogP contribution is -2.25. The second-order valence-corrected chi connectivity index (χ2v) is 9.44. The first kappa shape index (κ1) is 19.3. The van der Waals surface area contributed by atoms with Crippen LogP contribution in [0.15, 0.2) is 76.5 Å². The molecule has 0 fully saturated rings. The molecule has 1 N–H and O–H groups in total. The molecule has 2 heterocycles. The predicted molar refractivity (Wildman–Crippen MR) is 112 cm³/mol. The molecule has 1 unspecified atom stereocenters. The molecule has 0 amide bonds. The Morgan fingerprint density at radius 1 is 0.964 bits per heavy atom. The number of halogens is 1. The van der Waals surface area contributed by atoms with Crippen molar-refractivity contribution in [1.29, 1.82) is 0 Å². The molecule has 28 heavy (non-hydrogen) atoms. The molecule has 0 saturated heterocycles. The summed E-state index contributed by atoms with van der Waals surface area (Å²) >= 11 is 7.61. The van der Waals surface area contributed by atoms with Gasteiger partial charge in [-0.05, 0) is 42.8 Å². The van der Waals surface area contributed by atoms with E-state index in [1.54, 1.807) is 30.0 Å². The Morgan fingerprint density at radius 3 is 2.14 bits per heavy atom. The van der Waals surface area contributed by atoms with Crippen molar-refractivity contribution in [2.75, 3.05) is 11.4 Å². The van der Waals surface area contributed by atoms with Crippen LogP contribution in [-0.4, -0.2) is 24.5 Å². The Bertz CT molecular complexity index is 1080. The fourth-order valence-corrected chi connectivity index (χ4v) is 5.43. The van der Waals surface area contributed by atoms with Gasteiger partial charge in [-0.3, -0.25) is 4.55 Å². The summed E-state index contributed by atoms with van der Waals surface area (Å²) in [4.78, 5) is 8.39. The number of anilines is 2. The van der Waals surface area contributed by atoms with Gasteiger partial charge in [-0.1, -0.05) is 53.7 Å². The molecule has 4 rings (SSSR count). The number of aromatic nitrogens is 1. The Morgan fingerprint density at radius 2 is 1.57 bits per heavy atom. The summed E-state index contributed by atoms with van der Waals surface area (Å²) in [5.74, 6) is 0. The summed E-state index contributed by atoms with van der Waals surface area (Å²) in [5.41, 5.74) is 2.27. The van der Waals surface area contributed by atoms with E-state index in [0.29, 0.717) is 6.54 Å². The summed E-state index contributed by atoms with van der Waals surface area (Å²) in [6.45, 7) is 0.396. The largest absolute Gasteiger partial charge is 0.340 e. The minimum absolute atomic E-state index is 0.166. The third kappa shape index (κ3) is 3.89. The van der Waals surface area contributed by atoms with Crippen LogP contribution in [0.5, 0.6) is 0 Å². The molecule has 1 aromatic heterocycles. The summed E-state index contributed by atoms with van der Waals surface area (Å²) in [5, 5.41) is -0.962. The zero-order valence-electron chi connectivity index (χ0n) is 14.7. The monoisotopic (exact) mass is 432 g/mol. The van der Waals surface area contributed by atoms with Gasteiger partial charge in [0.25, 0.3) is 10.1 Å². The van der Waals surface area contributed by atoms with Crippen LogP contribution in [0.2, 0.25) is 5.15 Å². The van der Waals surface area contributed by atoms with E-state index < -0.39 is 15.4 Å². The topological polar surface area (TPSA) is 70.5 Å². The molecule has 0 bridgehead atoms. The maximum absolute atomic E-state index is 12.1. The van der Waals surface area contributed by atoms with Crippen molar-refractivity contribution >= 4 is 44.9 Å². The fraction of sp³-hybridized carbons (Fsp3) is 0.150. The van der Waals surface area contributed by atoms with Crippen LogP contribution < -0.4 is 4.90 Å². The quantitative estimate of drug-likeness (QED) is 0.432. The zero-order valence-corrected chi connectivity index (χ0v) is 17.1. The first-order valence-electron chi connectivity index (χ1n) is 8.66. The van der Waals surface area contributed by atoms with Crippen molar-refractivity contribution in [3.05, 3.63) is 77.6 Å². The highest BCUT2D eigenvalue weighted by Crippen LogP contribution is 2.48. The lowest BCUT2D eigenvalue weighted by Gasteiger charge is -2.33. The van der Waals surface area contributed by atoms with Crippen molar-refractivity contribution in [2.24, 2.45) is 0 Å². The minimum atomic E-state index is -4.34. The van der Waals surface area contributed by atoms with Crippen LogP contribution in [0.25, 0.3) is 0 Å². The molecule has 0 saturated carbocycles. The van der Waals surface area contributed by atoms with Crippen LogP contribution in [0.4, 0.5) is 11.4 Å². The van der Waals surface area contributed by atoms with E-state index in [1.165, 1.54) is 0 Å². The smallest absolute Gasteiger partial charge is 0.273 e. The van der Waals surface area contributed by atoms with Crippen molar-refractivity contribution in [3.8, 4) is 0 Å². The fourth-order valence-electron chi connectivity index (χ4n) is 3.32. The van der Waals surface area contributed by atoms with E-state index in [-0.39, 0.29) is 17.3 Å². The van der Waals surface area contributed by atoms with Gasteiger partial charge >= 0.3 is 0 Å². The highest BCUT2D eigenvalue weighted by Gasteiger charge is 2.29. The number of nitrogens with zero attached hydrogens (tertiary/aromatic N) is 2. The van der Waals surface area contributed by atoms with E-state index in [0.717, 1.165) is 21.2 Å². The number of benzene rings is 2. The molecule has 144 valence electrons. The Hall–Kier alpha value is -2.06. The molecule has 3 aromatic rings. The van der Waals surface area contributed by atoms with Gasteiger partial charge in [0.1, 0.15) is 10.4 Å². The van der Waals surface area contributed by atoms with E-state index >= 15 is 0 Å². The molecule has 0 radical (unpaired) electrons. The van der Waals surface area contributed by atoms with Gasteiger partial charge < -0.3 is 4.90 Å². The van der Waals surface area contributed by atoms with Gasteiger partial charge in [-0.25, -0.2) is 4.98 Å². The van der Waals surface area contributed by atoms with Crippen molar-refractivity contribution in [1.82, 2.24) is 4.98 Å². The molecule has 1 aliphatic rings. The number of hydrogen-bond acceptors (Lipinski definition) is 5. The molecule has 2 aromatic carbocycles. The molecule has 1 atom stereocenters. The molecule has 8 heteroatoms. The number of hydrogen-bond donors (Lipinski definition) is 1. The minimum Gasteiger partial charge on any atom is -0.340 e. The van der Waals surface area contributed by atoms with E-state index in [1.807, 2.05) is 48.5 Å². The summed E-state index contributed by atoms with van der Waals surface area (Å²) in [7, 11) is -4.34. The van der Waals surface area contributed by atoms with Gasteiger partial charge in [-0.2, -0.15) is 8.42 Å². The SMILES string of the molecule is O=S(=O)(O)C(CCN1c2ccccc2Sc2ccccc21)c1cccc(Cl)n1. The average molecular weight is 433 g/mol. The first-order chi connectivity index (χ1) is 13.4. The first-order valence-corrected chi connectivity index (χ1v) is 11.4. The summed E-state index contributed by atoms with van der Waals surface area (Å²) in [6, 6.07) is 20.8. The Balaban J connectivity index is 1.69. The van der Waals surface area contributed by atoms with E-state index in [9.17, 15) is 13.0 Å². The molecular formula is C20H17ClN2O3S2. The standard InChI is InChI=1S/C20H17ClN2O3S2/c21-20-11-5-6-14(22-20)19(28(24,25)26)12-13-23-15-7-1-3-9-17(15)27-18-10-4-2-8-16(18)23/h1-11,19H,12-13H2,(H,24,25,26). The van der Waals surface area contributed by atoms with Crippen molar-refractivity contribution < 1.29 is 13.0 Å². The highest BCUT2D eigenvalue weighted by molar-refractivity contribution is 7.99. The van der Waals surface area contributed by atoms with Gasteiger partial charge in [0.15, 0.2) is 0 Å². The average Bonchev–Trinajstić information content (AvgIpc) is 2.66. The van der Waals surface area contributed by atoms with Crippen LogP contribution in [-0.2, 0) is 10.1 Å². The molecule has 5 nitrogen and oxygen atoms in total. The number of pyridine rings is 1. The lowest BCUT2D eigenvalue weighted by molar-refractivity contribution is 0.463. The lowest BCUT2D eigenvalue weighted by atomic mass is 10.1. The van der Waals surface area contributed by atoms with Gasteiger partial charge in [0, 0.05) is 16.3 Å². The zero-order chi connectivity index (χ0) is 19.7. The van der Waals surface area contributed by atoms with Crippen LogP contribution in [0.3, 0.4) is 0 Å². The summed E-state index contributed by atoms with van der Waals surface area (Å²) in [6.07, 6.45) is 0.166. The van der Waals surface area contributed by atoms with Gasteiger partial charge in [0.05, 0.1) is 17.1 Å². The van der Waals surface area contributed by atoms with E-state index in [2.05, 4.69) is 9.88 Å². The molecule has 0 aliphatic carbocycles. The Labute approximate surface area is 173 Å². The second-order valence-electron chi connectivity index (χ2n) is 6.37. The highest BCUT2D eigenvalue weighted by atomic mass is 35.5. The summed E-state index contributed by atoms with van der Waals surface area (Å²) < 4.78 is 33.9. The molecule has 0 spiro atoms. The third-order valence-electron chi connectivity index (χ3n) is 4.57. The van der Waals surface area contributed by atoms with E-state index in [4.69, 9.17) is 11.6 Å². The number of fused-ring (bicyclic) bond motifs is 2. The number of para-hydroxylation sites is 2. The Kier molecular flexibility index (Phi) is 5.33. The molecule has 1 aliphatic heterocycles. The maximum Gasteiger partial charge on any atom is 0.273 e. The van der Waals surface area contributed by atoms with Crippen LogP contribution >= 0.6 is 23.4 Å². The van der Waals surface area contributed by atoms with Gasteiger partial charge in [0.2, 0.25) is 0 Å². The van der Waals surface area contributed by atoms with Crippen LogP contribution in [0.1, 0.15) is 17.4 Å². The third-order valence-corrected chi connectivity index (χ3v) is 7.11. The maximum atomic E-state index is 12.1. The van der Waals surface area contributed by atoms with Crippen molar-refractivity contribution in [3.63, 3.8) is 0 Å². The van der Waals surface area contributed by atoms with Gasteiger partial charge in [-0.15, -0.1) is 0 Å². The normalized spacial score (nSPS) is 14.3. The predicted octanol–water partition coefficient (Wildman–Crippen LogP) is 5.36. The number of rotatable bonds is 5. The van der Waals surface area contributed by atoms with Crippen molar-refractivity contribution in [2.45, 2.75) is 21.5 Å². The van der Waals surface area contributed by atoms with Crippen LogP contribution in [0, 0.1) is 0 Å².